The molecule has 0 atom stereocenters. The van der Waals surface area contributed by atoms with Gasteiger partial charge in [0.1, 0.15) is 13.3 Å². The SMILES string of the molecule is C=C(C)c1c(F)c(F)c(S(=O)(=O)Nc2ccc(OC)c(F)c2)c(OCCF)c1F. The van der Waals surface area contributed by atoms with Gasteiger partial charge in [-0.2, -0.15) is 0 Å². The Morgan fingerprint density at radius 2 is 1.79 bits per heavy atom. The van der Waals surface area contributed by atoms with Gasteiger partial charge in [-0.25, -0.2) is 30.4 Å². The van der Waals surface area contributed by atoms with E-state index in [4.69, 9.17) is 4.74 Å². The number of anilines is 1. The second-order valence-electron chi connectivity index (χ2n) is 5.75. The van der Waals surface area contributed by atoms with Crippen molar-refractivity contribution in [1.29, 1.82) is 0 Å². The molecule has 0 heterocycles. The van der Waals surface area contributed by atoms with Crippen LogP contribution in [0.5, 0.6) is 11.5 Å². The molecule has 0 spiro atoms. The number of ether oxygens (including phenoxy) is 2. The van der Waals surface area contributed by atoms with E-state index in [9.17, 15) is 30.4 Å². The molecule has 2 aromatic carbocycles. The van der Waals surface area contributed by atoms with Gasteiger partial charge in [-0.05, 0) is 24.6 Å². The van der Waals surface area contributed by atoms with Crippen molar-refractivity contribution in [2.45, 2.75) is 11.8 Å². The van der Waals surface area contributed by atoms with Crippen LogP contribution in [0.3, 0.4) is 0 Å². The molecule has 2 rings (SSSR count). The van der Waals surface area contributed by atoms with E-state index >= 15 is 0 Å². The van der Waals surface area contributed by atoms with Gasteiger partial charge in [0.2, 0.25) is 0 Å². The Morgan fingerprint density at radius 3 is 2.31 bits per heavy atom. The third-order valence-electron chi connectivity index (χ3n) is 3.66. The molecule has 0 saturated heterocycles. The van der Waals surface area contributed by atoms with Crippen molar-refractivity contribution >= 4 is 21.3 Å². The average molecular weight is 437 g/mol. The number of allylic oxidation sites excluding steroid dienone is 1. The zero-order chi connectivity index (χ0) is 21.9. The second-order valence-corrected chi connectivity index (χ2v) is 7.37. The Morgan fingerprint density at radius 1 is 1.14 bits per heavy atom. The van der Waals surface area contributed by atoms with E-state index < -0.39 is 62.8 Å². The Bertz CT molecular complexity index is 1060. The van der Waals surface area contributed by atoms with Crippen molar-refractivity contribution in [3.63, 3.8) is 0 Å². The fourth-order valence-electron chi connectivity index (χ4n) is 2.44. The zero-order valence-corrected chi connectivity index (χ0v) is 16.1. The number of methoxy groups -OCH3 is 1. The Hall–Kier alpha value is -2.82. The highest BCUT2D eigenvalue weighted by molar-refractivity contribution is 7.92. The smallest absolute Gasteiger partial charge is 0.268 e. The highest BCUT2D eigenvalue weighted by Gasteiger charge is 2.34. The first kappa shape index (κ1) is 22.5. The number of alkyl halides is 1. The van der Waals surface area contributed by atoms with Crippen molar-refractivity contribution in [3.8, 4) is 11.5 Å². The summed E-state index contributed by atoms with van der Waals surface area (Å²) in [5, 5.41) is 0. The summed E-state index contributed by atoms with van der Waals surface area (Å²) in [6.07, 6.45) is 0. The van der Waals surface area contributed by atoms with Crippen molar-refractivity contribution in [3.05, 3.63) is 53.6 Å². The minimum atomic E-state index is -5.02. The molecule has 0 aromatic heterocycles. The van der Waals surface area contributed by atoms with Crippen LogP contribution in [0.15, 0.2) is 29.7 Å². The summed E-state index contributed by atoms with van der Waals surface area (Å²) in [7, 11) is -3.84. The fraction of sp³-hybridized carbons (Fsp3) is 0.222. The minimum absolute atomic E-state index is 0.200. The molecule has 0 aliphatic rings. The molecule has 2 aromatic rings. The van der Waals surface area contributed by atoms with E-state index in [1.165, 1.54) is 7.11 Å². The van der Waals surface area contributed by atoms with E-state index in [0.29, 0.717) is 6.07 Å². The summed E-state index contributed by atoms with van der Waals surface area (Å²) in [6.45, 7) is 2.48. The van der Waals surface area contributed by atoms with Gasteiger partial charge in [-0.1, -0.05) is 6.58 Å². The number of hydrogen-bond acceptors (Lipinski definition) is 4. The van der Waals surface area contributed by atoms with Gasteiger partial charge in [0.05, 0.1) is 18.4 Å². The van der Waals surface area contributed by atoms with Gasteiger partial charge in [0.25, 0.3) is 10.0 Å². The lowest BCUT2D eigenvalue weighted by atomic mass is 10.1. The van der Waals surface area contributed by atoms with Crippen molar-refractivity contribution in [2.75, 3.05) is 25.1 Å². The largest absolute Gasteiger partial charge is 0.494 e. The molecular formula is C18H16F5NO4S. The maximum atomic E-state index is 14.7. The van der Waals surface area contributed by atoms with Crippen molar-refractivity contribution < 1.29 is 39.8 Å². The topological polar surface area (TPSA) is 64.6 Å². The Kier molecular flexibility index (Phi) is 6.73. The summed E-state index contributed by atoms with van der Waals surface area (Å²) in [5.41, 5.74) is -1.58. The van der Waals surface area contributed by atoms with Crippen LogP contribution in [-0.2, 0) is 10.0 Å². The lowest BCUT2D eigenvalue weighted by molar-refractivity contribution is 0.251. The van der Waals surface area contributed by atoms with Crippen LogP contribution >= 0.6 is 0 Å². The normalized spacial score (nSPS) is 11.3. The molecule has 0 aliphatic heterocycles. The monoisotopic (exact) mass is 437 g/mol. The molecule has 11 heteroatoms. The van der Waals surface area contributed by atoms with E-state index in [1.54, 1.807) is 4.72 Å². The Labute approximate surface area is 163 Å². The summed E-state index contributed by atoms with van der Waals surface area (Å²) < 4.78 is 106. The van der Waals surface area contributed by atoms with E-state index in [-0.39, 0.29) is 17.0 Å². The van der Waals surface area contributed by atoms with Crippen LogP contribution in [0.2, 0.25) is 0 Å². The summed E-state index contributed by atoms with van der Waals surface area (Å²) >= 11 is 0. The molecule has 5 nitrogen and oxygen atoms in total. The molecule has 0 unspecified atom stereocenters. The van der Waals surface area contributed by atoms with E-state index in [1.807, 2.05) is 0 Å². The first-order valence-electron chi connectivity index (χ1n) is 7.96. The first-order chi connectivity index (χ1) is 13.5. The van der Waals surface area contributed by atoms with Crippen molar-refractivity contribution in [2.24, 2.45) is 0 Å². The molecule has 158 valence electrons. The maximum Gasteiger partial charge on any atom is 0.268 e. The van der Waals surface area contributed by atoms with Gasteiger partial charge < -0.3 is 9.47 Å². The van der Waals surface area contributed by atoms with Gasteiger partial charge in [0.15, 0.2) is 39.7 Å². The molecule has 29 heavy (non-hydrogen) atoms. The standard InChI is InChI=1S/C18H16F5NO4S/c1-9(2)13-14(21)16(23)18(17(15(13)22)28-7-6-19)29(25,26)24-10-4-5-12(27-3)11(20)8-10/h4-5,8,24H,1,6-7H2,2-3H3. The number of benzene rings is 2. The number of nitrogens with one attached hydrogen (secondary N) is 1. The third kappa shape index (κ3) is 4.44. The average Bonchev–Trinajstić information content (AvgIpc) is 2.63. The van der Waals surface area contributed by atoms with Crippen LogP contribution in [0.1, 0.15) is 12.5 Å². The fourth-order valence-corrected chi connectivity index (χ4v) is 3.70. The quantitative estimate of drug-likeness (QED) is 0.490. The summed E-state index contributed by atoms with van der Waals surface area (Å²) in [5.74, 6) is -7.71. The number of hydrogen-bond donors (Lipinski definition) is 1. The minimum Gasteiger partial charge on any atom is -0.494 e. The van der Waals surface area contributed by atoms with Crippen LogP contribution in [-0.4, -0.2) is 28.8 Å². The lowest BCUT2D eigenvalue weighted by Gasteiger charge is -2.17. The lowest BCUT2D eigenvalue weighted by Crippen LogP contribution is -2.20. The van der Waals surface area contributed by atoms with Crippen LogP contribution in [0, 0.1) is 23.3 Å². The second kappa shape index (κ2) is 8.68. The third-order valence-corrected chi connectivity index (χ3v) is 5.07. The number of sulfonamides is 1. The predicted molar refractivity (Wildman–Crippen MR) is 96.3 cm³/mol. The summed E-state index contributed by atoms with van der Waals surface area (Å²) in [6, 6.07) is 2.87. The maximum absolute atomic E-state index is 14.7. The van der Waals surface area contributed by atoms with Gasteiger partial charge in [-0.3, -0.25) is 4.72 Å². The predicted octanol–water partition coefficient (Wildman–Crippen LogP) is 4.43. The highest BCUT2D eigenvalue weighted by atomic mass is 32.2. The van der Waals surface area contributed by atoms with Gasteiger partial charge in [0, 0.05) is 6.07 Å². The summed E-state index contributed by atoms with van der Waals surface area (Å²) in [4.78, 5) is -1.53. The van der Waals surface area contributed by atoms with Crippen LogP contribution in [0.25, 0.3) is 5.57 Å². The molecule has 0 saturated carbocycles. The van der Waals surface area contributed by atoms with Crippen LogP contribution < -0.4 is 14.2 Å². The molecule has 0 radical (unpaired) electrons. The van der Waals surface area contributed by atoms with E-state index in [2.05, 4.69) is 11.3 Å². The zero-order valence-electron chi connectivity index (χ0n) is 15.3. The Balaban J connectivity index is 2.67. The molecule has 0 amide bonds. The van der Waals surface area contributed by atoms with Gasteiger partial charge in [-0.15, -0.1) is 0 Å². The number of halogens is 5. The number of rotatable bonds is 8. The molecular weight excluding hydrogens is 421 g/mol. The molecule has 0 bridgehead atoms. The molecule has 0 aliphatic carbocycles. The molecule has 1 N–H and O–H groups in total. The molecule has 0 fully saturated rings. The van der Waals surface area contributed by atoms with Gasteiger partial charge >= 0.3 is 0 Å². The first-order valence-corrected chi connectivity index (χ1v) is 9.44. The van der Waals surface area contributed by atoms with Crippen LogP contribution in [0.4, 0.5) is 27.6 Å². The highest BCUT2D eigenvalue weighted by Crippen LogP contribution is 2.38. The van der Waals surface area contributed by atoms with Crippen molar-refractivity contribution in [1.82, 2.24) is 0 Å². The van der Waals surface area contributed by atoms with E-state index in [0.717, 1.165) is 19.1 Å².